The van der Waals surface area contributed by atoms with Crippen LogP contribution in [0.25, 0.3) is 0 Å². The van der Waals surface area contributed by atoms with Gasteiger partial charge in [-0.1, -0.05) is 0 Å². The van der Waals surface area contributed by atoms with Gasteiger partial charge in [0.25, 0.3) is 0 Å². The first-order valence-corrected chi connectivity index (χ1v) is 6.30. The first kappa shape index (κ1) is 16.4. The van der Waals surface area contributed by atoms with Crippen molar-refractivity contribution in [2.24, 2.45) is 0 Å². The summed E-state index contributed by atoms with van der Waals surface area (Å²) < 4.78 is 0. The Kier molecular flexibility index (Phi) is 32.7. The maximum atomic E-state index is 8.12. The molecule has 0 spiro atoms. The third-order valence-electron chi connectivity index (χ3n) is 0. The Morgan fingerprint density at radius 1 is 1.38 bits per heavy atom. The topological polar surface area (TPSA) is 54.1 Å². The van der Waals surface area contributed by atoms with Crippen LogP contribution in [0.5, 0.6) is 0 Å². The van der Waals surface area contributed by atoms with Gasteiger partial charge in [-0.3, -0.25) is 10.1 Å². The zero-order valence-electron chi connectivity index (χ0n) is 3.03. The van der Waals surface area contributed by atoms with Crippen LogP contribution in [-0.4, -0.2) is 40.9 Å². The van der Waals surface area contributed by atoms with Crippen molar-refractivity contribution in [2.75, 3.05) is 0 Å². The van der Waals surface area contributed by atoms with Crippen molar-refractivity contribution < 1.29 is 5.34 Å². The van der Waals surface area contributed by atoms with Gasteiger partial charge in [-0.25, -0.2) is 30.1 Å². The van der Waals surface area contributed by atoms with Crippen LogP contribution in [0.2, 0.25) is 0 Å². The fraction of sp³-hybridized carbons (Fsp3) is 0. The molecule has 0 heterocycles. The van der Waals surface area contributed by atoms with Crippen molar-refractivity contribution in [3.8, 4) is 0 Å². The predicted molar refractivity (Wildman–Crippen MR) is 38.2 cm³/mol. The van der Waals surface area contributed by atoms with Crippen LogP contribution in [0.4, 0.5) is 0 Å². The fourth-order valence-electron chi connectivity index (χ4n) is 0. The predicted octanol–water partition coefficient (Wildman–Crippen LogP) is -0.630. The van der Waals surface area contributed by atoms with Gasteiger partial charge in [-0.2, -0.15) is 0 Å². The molecule has 3 nitrogen and oxygen atoms in total. The summed E-state index contributed by atoms with van der Waals surface area (Å²) in [4.78, 5) is 8.12. The summed E-state index contributed by atoms with van der Waals surface area (Å²) in [6, 6.07) is 0. The summed E-state index contributed by atoms with van der Waals surface area (Å²) in [6.07, 6.45) is 0. The molecule has 8 heteroatoms. The second-order valence-electron chi connectivity index (χ2n) is 0.331. The molecule has 0 aromatic heterocycles. The molecule has 0 bridgehead atoms. The maximum absolute atomic E-state index is 8.12. The van der Waals surface area contributed by atoms with E-state index in [9.17, 15) is 0 Å². The Hall–Kier alpha value is 1.80. The molecule has 0 rings (SSSR count). The average molecular weight is 204 g/mol. The molecule has 1 N–H and O–H groups in total. The van der Waals surface area contributed by atoms with E-state index in [-0.39, 0.29) is 34.9 Å². The molecule has 44 valence electrons. The molecule has 0 saturated carbocycles. The molecule has 0 unspecified atom stereocenters. The molecule has 0 amide bonds. The number of halogens is 3. The Morgan fingerprint density at radius 3 is 1.38 bits per heavy atom. The average Bonchev–Trinajstić information content (AvgIpc) is 1.33. The van der Waals surface area contributed by atoms with Crippen LogP contribution in [0.15, 0.2) is 0 Å². The standard InChI is InChI=1S/Al.3ClH.HNO2.Na.H/c;;;;2-1-3;;/h;3*1H;1H;;/q+3;;;;;;/p-3. The number of nitrogens with one attached hydrogen (secondary N) is 1. The van der Waals surface area contributed by atoms with E-state index < -0.39 is 11.4 Å². The van der Waals surface area contributed by atoms with Gasteiger partial charge in [0.05, 0.1) is 0 Å². The monoisotopic (exact) mass is 203 g/mol. The van der Waals surface area contributed by atoms with Crippen LogP contribution in [0, 0.1) is 10.1 Å². The van der Waals surface area contributed by atoms with E-state index in [1.165, 1.54) is 0 Å². The summed E-state index contributed by atoms with van der Waals surface area (Å²) in [5, 5.41) is 8.38. The summed E-state index contributed by atoms with van der Waals surface area (Å²) in [6.45, 7) is 0. The van der Waals surface area contributed by atoms with E-state index in [2.05, 4.69) is 0 Å². The first-order valence-electron chi connectivity index (χ1n) is 1.06. The van der Waals surface area contributed by atoms with E-state index >= 15 is 0 Å². The van der Waals surface area contributed by atoms with Crippen LogP contribution >= 0.6 is 30.1 Å². The number of rotatable bonds is 0. The molecular formula is H2AlCl3NNaO2. The van der Waals surface area contributed by atoms with Crippen molar-refractivity contribution in [1.82, 2.24) is 0 Å². The van der Waals surface area contributed by atoms with Crippen LogP contribution < -0.4 is 5.34 Å². The minimum absolute atomic E-state index is 0. The SMILES string of the molecule is O=[NH+][O-].[Cl][Al]([Cl])[Cl].[NaH]. The molecular weight excluding hydrogens is 202 g/mol. The number of hydrogen-bond donors (Lipinski definition) is 1. The molecule has 0 aliphatic heterocycles. The third kappa shape index (κ3) is 111. The van der Waals surface area contributed by atoms with Gasteiger partial charge < -0.3 is 0 Å². The molecule has 0 radical (unpaired) electrons. The Balaban J connectivity index is -0.0000000575. The minimum atomic E-state index is -1.72. The van der Waals surface area contributed by atoms with Crippen molar-refractivity contribution >= 4 is 71.1 Å². The van der Waals surface area contributed by atoms with Crippen molar-refractivity contribution in [2.45, 2.75) is 0 Å². The van der Waals surface area contributed by atoms with Gasteiger partial charge in [0, 0.05) is 5.34 Å². The fourth-order valence-corrected chi connectivity index (χ4v) is 0. The summed E-state index contributed by atoms with van der Waals surface area (Å²) in [5.41, 5.74) is 0. The molecule has 0 atom stereocenters. The van der Waals surface area contributed by atoms with Gasteiger partial charge in [-0.05, 0) is 0 Å². The Morgan fingerprint density at radius 2 is 1.38 bits per heavy atom. The zero-order valence-corrected chi connectivity index (χ0v) is 6.45. The van der Waals surface area contributed by atoms with Crippen LogP contribution in [0.3, 0.4) is 0 Å². The van der Waals surface area contributed by atoms with E-state index in [1.807, 2.05) is 0 Å². The van der Waals surface area contributed by atoms with E-state index in [1.54, 1.807) is 0 Å². The van der Waals surface area contributed by atoms with Gasteiger partial charge in [0.15, 0.2) is 0 Å². The Labute approximate surface area is 85.5 Å². The van der Waals surface area contributed by atoms with Crippen molar-refractivity contribution in [3.05, 3.63) is 10.1 Å². The second-order valence-corrected chi connectivity index (χ2v) is 6.76. The third-order valence-corrected chi connectivity index (χ3v) is 0. The Bertz CT molecular complexity index is 41.5. The van der Waals surface area contributed by atoms with E-state index in [0.29, 0.717) is 0 Å². The van der Waals surface area contributed by atoms with Crippen molar-refractivity contribution in [1.29, 1.82) is 0 Å². The normalized spacial score (nSPS) is 4.88. The summed E-state index contributed by atoms with van der Waals surface area (Å²) >= 11 is -1.72. The van der Waals surface area contributed by atoms with Crippen molar-refractivity contribution in [3.63, 3.8) is 0 Å². The van der Waals surface area contributed by atoms with Crippen LogP contribution in [-0.2, 0) is 0 Å². The van der Waals surface area contributed by atoms with Gasteiger partial charge in [-0.15, -0.1) is 0 Å². The molecule has 0 aliphatic rings. The zero-order chi connectivity index (χ0) is 6.28. The van der Waals surface area contributed by atoms with E-state index in [0.717, 1.165) is 0 Å². The molecule has 8 heavy (non-hydrogen) atoms. The molecule has 0 aromatic carbocycles. The molecule has 0 saturated heterocycles. The number of hydrogen-bond acceptors (Lipinski definition) is 2. The molecule has 0 aromatic rings. The van der Waals surface area contributed by atoms with Gasteiger partial charge in [0.1, 0.15) is 0 Å². The molecule has 0 fully saturated rings. The van der Waals surface area contributed by atoms with Gasteiger partial charge >= 0.3 is 40.9 Å². The summed E-state index contributed by atoms with van der Waals surface area (Å²) in [7, 11) is 14.8. The quantitative estimate of drug-likeness (QED) is 0.324. The van der Waals surface area contributed by atoms with Gasteiger partial charge in [0.2, 0.25) is 0 Å². The first-order chi connectivity index (χ1) is 3.15. The second kappa shape index (κ2) is 15.9. The van der Waals surface area contributed by atoms with E-state index in [4.69, 9.17) is 40.3 Å². The summed E-state index contributed by atoms with van der Waals surface area (Å²) in [5.74, 6) is 0. The van der Waals surface area contributed by atoms with Crippen LogP contribution in [0.1, 0.15) is 0 Å². The molecule has 0 aliphatic carbocycles.